The molecule has 0 bridgehead atoms. The normalized spacial score (nSPS) is 10.4. The van der Waals surface area contributed by atoms with Crippen LogP contribution in [-0.2, 0) is 6.42 Å². The Morgan fingerprint density at radius 1 is 1.32 bits per heavy atom. The lowest BCUT2D eigenvalue weighted by Gasteiger charge is -2.06. The van der Waals surface area contributed by atoms with Crippen molar-refractivity contribution in [1.29, 1.82) is 0 Å². The van der Waals surface area contributed by atoms with E-state index in [0.29, 0.717) is 16.3 Å². The van der Waals surface area contributed by atoms with E-state index in [9.17, 15) is 4.79 Å². The molecular formula is C14H14N2O2S. The number of rotatable bonds is 4. The monoisotopic (exact) mass is 274 g/mol. The van der Waals surface area contributed by atoms with Gasteiger partial charge in [-0.05, 0) is 31.5 Å². The molecule has 0 aliphatic carbocycles. The van der Waals surface area contributed by atoms with Gasteiger partial charge in [0, 0.05) is 10.6 Å². The maximum absolute atomic E-state index is 11.2. The quantitative estimate of drug-likeness (QED) is 0.867. The Hall–Kier alpha value is -1.88. The second-order valence-corrected chi connectivity index (χ2v) is 5.06. The van der Waals surface area contributed by atoms with Crippen LogP contribution < -0.4 is 0 Å². The second-order valence-electron chi connectivity index (χ2n) is 4.00. The van der Waals surface area contributed by atoms with Gasteiger partial charge in [0.2, 0.25) is 0 Å². The fraction of sp³-hybridized carbons (Fsp3) is 0.214. The second kappa shape index (κ2) is 5.84. The molecule has 0 fully saturated rings. The smallest absolute Gasteiger partial charge is 0.336 e. The predicted octanol–water partition coefficient (Wildman–Crippen LogP) is 3.20. The summed E-state index contributed by atoms with van der Waals surface area (Å²) in [5.41, 5.74) is 1.25. The third kappa shape index (κ3) is 3.32. The molecule has 0 amide bonds. The summed E-state index contributed by atoms with van der Waals surface area (Å²) in [5, 5.41) is 9.93. The molecule has 98 valence electrons. The van der Waals surface area contributed by atoms with Crippen LogP contribution in [0.15, 0.2) is 40.3 Å². The number of nitrogens with zero attached hydrogens (tertiary/aromatic N) is 2. The van der Waals surface area contributed by atoms with Crippen molar-refractivity contribution in [2.45, 2.75) is 30.2 Å². The zero-order valence-electron chi connectivity index (χ0n) is 10.8. The van der Waals surface area contributed by atoms with Crippen LogP contribution >= 0.6 is 11.8 Å². The number of carbonyl (C=O) groups is 1. The Balaban J connectivity index is 2.36. The van der Waals surface area contributed by atoms with Crippen molar-refractivity contribution in [2.75, 3.05) is 0 Å². The molecule has 0 unspecified atom stereocenters. The summed E-state index contributed by atoms with van der Waals surface area (Å²) in [6.45, 7) is 3.87. The van der Waals surface area contributed by atoms with Crippen molar-refractivity contribution in [3.8, 4) is 0 Å². The Morgan fingerprint density at radius 2 is 2.05 bits per heavy atom. The molecular weight excluding hydrogens is 260 g/mol. The standard InChI is InChI=1S/C14H14N2O2S/c1-3-10-8-13(16-9(2)15-10)19-12-7-5-4-6-11(12)14(17)18/h4-8H,3H2,1-2H3,(H,17,18). The molecule has 0 saturated heterocycles. The number of aromatic carboxylic acids is 1. The van der Waals surface area contributed by atoms with E-state index in [-0.39, 0.29) is 0 Å². The van der Waals surface area contributed by atoms with E-state index in [2.05, 4.69) is 9.97 Å². The fourth-order valence-electron chi connectivity index (χ4n) is 1.68. The van der Waals surface area contributed by atoms with Gasteiger partial charge in [0.25, 0.3) is 0 Å². The minimum Gasteiger partial charge on any atom is -0.478 e. The van der Waals surface area contributed by atoms with Crippen molar-refractivity contribution in [1.82, 2.24) is 9.97 Å². The molecule has 1 heterocycles. The maximum atomic E-state index is 11.2. The molecule has 0 aliphatic heterocycles. The lowest BCUT2D eigenvalue weighted by molar-refractivity contribution is 0.0693. The highest BCUT2D eigenvalue weighted by Crippen LogP contribution is 2.29. The third-order valence-corrected chi connectivity index (χ3v) is 3.56. The van der Waals surface area contributed by atoms with E-state index in [4.69, 9.17) is 5.11 Å². The number of carboxylic acid groups (broad SMARTS) is 1. The molecule has 1 aromatic heterocycles. The van der Waals surface area contributed by atoms with Crippen LogP contribution in [0.1, 0.15) is 28.8 Å². The first-order chi connectivity index (χ1) is 9.10. The van der Waals surface area contributed by atoms with Crippen LogP contribution in [0.2, 0.25) is 0 Å². The zero-order valence-corrected chi connectivity index (χ0v) is 11.6. The molecule has 0 spiro atoms. The first-order valence-electron chi connectivity index (χ1n) is 5.95. The fourth-order valence-corrected chi connectivity index (χ4v) is 2.69. The lowest BCUT2D eigenvalue weighted by atomic mass is 10.2. The molecule has 5 heteroatoms. The highest BCUT2D eigenvalue weighted by atomic mass is 32.2. The zero-order chi connectivity index (χ0) is 13.8. The summed E-state index contributed by atoms with van der Waals surface area (Å²) in [6.07, 6.45) is 0.831. The lowest BCUT2D eigenvalue weighted by Crippen LogP contribution is -1.99. The topological polar surface area (TPSA) is 63.1 Å². The first kappa shape index (κ1) is 13.5. The summed E-state index contributed by atoms with van der Waals surface area (Å²) in [6, 6.07) is 8.83. The minimum absolute atomic E-state index is 0.293. The van der Waals surface area contributed by atoms with Crippen LogP contribution in [0.4, 0.5) is 0 Å². The molecule has 0 atom stereocenters. The average molecular weight is 274 g/mol. The van der Waals surface area contributed by atoms with E-state index in [0.717, 1.165) is 17.1 Å². The molecule has 1 N–H and O–H groups in total. The van der Waals surface area contributed by atoms with Gasteiger partial charge in [0.05, 0.1) is 5.56 Å². The number of benzene rings is 1. The van der Waals surface area contributed by atoms with Gasteiger partial charge in [-0.15, -0.1) is 0 Å². The third-order valence-electron chi connectivity index (χ3n) is 2.56. The molecule has 19 heavy (non-hydrogen) atoms. The van der Waals surface area contributed by atoms with E-state index in [1.165, 1.54) is 11.8 Å². The molecule has 0 saturated carbocycles. The predicted molar refractivity (Wildman–Crippen MR) is 73.7 cm³/mol. The van der Waals surface area contributed by atoms with Crippen molar-refractivity contribution in [3.63, 3.8) is 0 Å². The summed E-state index contributed by atoms with van der Waals surface area (Å²) >= 11 is 1.35. The maximum Gasteiger partial charge on any atom is 0.336 e. The van der Waals surface area contributed by atoms with Crippen LogP contribution in [0, 0.1) is 6.92 Å². The molecule has 2 aromatic rings. The summed E-state index contributed by atoms with van der Waals surface area (Å²) in [4.78, 5) is 20.5. The summed E-state index contributed by atoms with van der Waals surface area (Å²) in [7, 11) is 0. The summed E-state index contributed by atoms with van der Waals surface area (Å²) in [5.74, 6) is -0.223. The van der Waals surface area contributed by atoms with Gasteiger partial charge in [0.1, 0.15) is 10.9 Å². The van der Waals surface area contributed by atoms with Gasteiger partial charge in [0.15, 0.2) is 0 Å². The number of carboxylic acids is 1. The minimum atomic E-state index is -0.926. The van der Waals surface area contributed by atoms with Gasteiger partial charge in [-0.2, -0.15) is 0 Å². The van der Waals surface area contributed by atoms with Gasteiger partial charge < -0.3 is 5.11 Å². The van der Waals surface area contributed by atoms with Crippen LogP contribution in [-0.4, -0.2) is 21.0 Å². The van der Waals surface area contributed by atoms with E-state index >= 15 is 0 Å². The Kier molecular flexibility index (Phi) is 4.16. The number of aryl methyl sites for hydroxylation is 2. The van der Waals surface area contributed by atoms with Gasteiger partial charge >= 0.3 is 5.97 Å². The highest BCUT2D eigenvalue weighted by molar-refractivity contribution is 7.99. The van der Waals surface area contributed by atoms with Crippen LogP contribution in [0.5, 0.6) is 0 Å². The number of hydrogen-bond acceptors (Lipinski definition) is 4. The summed E-state index contributed by atoms with van der Waals surface area (Å²) < 4.78 is 0. The van der Waals surface area contributed by atoms with Crippen molar-refractivity contribution >= 4 is 17.7 Å². The van der Waals surface area contributed by atoms with Crippen LogP contribution in [0.3, 0.4) is 0 Å². The molecule has 4 nitrogen and oxygen atoms in total. The van der Waals surface area contributed by atoms with Crippen molar-refractivity contribution in [2.24, 2.45) is 0 Å². The number of aromatic nitrogens is 2. The molecule has 1 aromatic carbocycles. The van der Waals surface area contributed by atoms with Crippen molar-refractivity contribution in [3.05, 3.63) is 47.4 Å². The molecule has 0 aliphatic rings. The van der Waals surface area contributed by atoms with E-state index in [1.54, 1.807) is 18.2 Å². The SMILES string of the molecule is CCc1cc(Sc2ccccc2C(=O)O)nc(C)n1. The number of hydrogen-bond donors (Lipinski definition) is 1. The molecule has 2 rings (SSSR count). The first-order valence-corrected chi connectivity index (χ1v) is 6.76. The van der Waals surface area contributed by atoms with E-state index in [1.807, 2.05) is 26.0 Å². The average Bonchev–Trinajstić information content (AvgIpc) is 2.38. The highest BCUT2D eigenvalue weighted by Gasteiger charge is 2.11. The van der Waals surface area contributed by atoms with Crippen molar-refractivity contribution < 1.29 is 9.90 Å². The van der Waals surface area contributed by atoms with Gasteiger partial charge in [-0.1, -0.05) is 30.8 Å². The van der Waals surface area contributed by atoms with Crippen LogP contribution in [0.25, 0.3) is 0 Å². The van der Waals surface area contributed by atoms with Gasteiger partial charge in [-0.3, -0.25) is 0 Å². The largest absolute Gasteiger partial charge is 0.478 e. The Bertz CT molecular complexity index is 614. The Morgan fingerprint density at radius 3 is 2.74 bits per heavy atom. The Labute approximate surface area is 115 Å². The molecule has 0 radical (unpaired) electrons. The van der Waals surface area contributed by atoms with Gasteiger partial charge in [-0.25, -0.2) is 14.8 Å². The van der Waals surface area contributed by atoms with E-state index < -0.39 is 5.97 Å².